The Bertz CT molecular complexity index is 1190. The second kappa shape index (κ2) is 8.05. The normalized spacial score (nSPS) is 11.2. The number of carbonyl (C=O) groups excluding carboxylic acids is 1. The maximum atomic E-state index is 13.8. The summed E-state index contributed by atoms with van der Waals surface area (Å²) in [4.78, 5) is 12.7. The standard InChI is InChI=1S/C22H21FN2O3S/c1-14-8-9-16(3)21(12-14)24-22(26)18-13-17(11-10-15(18)2)29(27,28)25-20-7-5-4-6-19(20)23/h4-13,25H,1-3H3,(H,24,26). The molecule has 0 spiro atoms. The summed E-state index contributed by atoms with van der Waals surface area (Å²) in [5.74, 6) is -1.10. The first-order valence-electron chi connectivity index (χ1n) is 8.94. The van der Waals surface area contributed by atoms with Crippen molar-refractivity contribution in [2.45, 2.75) is 25.7 Å². The smallest absolute Gasteiger partial charge is 0.262 e. The van der Waals surface area contributed by atoms with Crippen LogP contribution in [-0.4, -0.2) is 14.3 Å². The van der Waals surface area contributed by atoms with Crippen molar-refractivity contribution in [3.63, 3.8) is 0 Å². The lowest BCUT2D eigenvalue weighted by molar-refractivity contribution is 0.102. The third-order valence-electron chi connectivity index (χ3n) is 4.52. The van der Waals surface area contributed by atoms with Crippen molar-refractivity contribution < 1.29 is 17.6 Å². The van der Waals surface area contributed by atoms with E-state index < -0.39 is 21.7 Å². The van der Waals surface area contributed by atoms with Crippen LogP contribution in [-0.2, 0) is 10.0 Å². The van der Waals surface area contributed by atoms with Gasteiger partial charge < -0.3 is 5.32 Å². The Hall–Kier alpha value is -3.19. The Morgan fingerprint density at radius 1 is 0.862 bits per heavy atom. The van der Waals surface area contributed by atoms with Crippen LogP contribution in [0.3, 0.4) is 0 Å². The van der Waals surface area contributed by atoms with Crippen molar-refractivity contribution in [1.82, 2.24) is 0 Å². The minimum atomic E-state index is -4.07. The molecular formula is C22H21FN2O3S. The van der Waals surface area contributed by atoms with E-state index in [0.717, 1.165) is 17.2 Å². The summed E-state index contributed by atoms with van der Waals surface area (Å²) < 4.78 is 41.4. The molecule has 0 unspecified atom stereocenters. The number of para-hydroxylation sites is 1. The molecule has 3 rings (SSSR count). The van der Waals surface area contributed by atoms with Crippen LogP contribution in [0.2, 0.25) is 0 Å². The molecule has 0 fully saturated rings. The molecule has 0 aliphatic carbocycles. The van der Waals surface area contributed by atoms with Crippen LogP contribution in [0, 0.1) is 26.6 Å². The third kappa shape index (κ3) is 4.63. The van der Waals surface area contributed by atoms with Gasteiger partial charge in [-0.2, -0.15) is 0 Å². The lowest BCUT2D eigenvalue weighted by Crippen LogP contribution is -2.18. The van der Waals surface area contributed by atoms with Gasteiger partial charge in [-0.25, -0.2) is 12.8 Å². The number of carbonyl (C=O) groups is 1. The molecule has 0 heterocycles. The Balaban J connectivity index is 1.92. The number of rotatable bonds is 5. The van der Waals surface area contributed by atoms with Gasteiger partial charge in [-0.15, -0.1) is 0 Å². The monoisotopic (exact) mass is 412 g/mol. The fourth-order valence-electron chi connectivity index (χ4n) is 2.82. The van der Waals surface area contributed by atoms with E-state index in [2.05, 4.69) is 10.0 Å². The molecule has 2 N–H and O–H groups in total. The number of benzene rings is 3. The highest BCUT2D eigenvalue weighted by molar-refractivity contribution is 7.92. The first kappa shape index (κ1) is 20.5. The minimum absolute atomic E-state index is 0.127. The summed E-state index contributed by atoms with van der Waals surface area (Å²) in [6.07, 6.45) is 0. The summed E-state index contributed by atoms with van der Waals surface area (Å²) in [6, 6.07) is 15.4. The number of anilines is 2. The van der Waals surface area contributed by atoms with Crippen LogP contribution in [0.15, 0.2) is 65.6 Å². The Morgan fingerprint density at radius 3 is 2.28 bits per heavy atom. The van der Waals surface area contributed by atoms with Gasteiger partial charge in [0.2, 0.25) is 0 Å². The van der Waals surface area contributed by atoms with Crippen LogP contribution in [0.4, 0.5) is 15.8 Å². The Kier molecular flexibility index (Phi) is 5.70. The fraction of sp³-hybridized carbons (Fsp3) is 0.136. The quantitative estimate of drug-likeness (QED) is 0.632. The molecule has 0 aliphatic rings. The topological polar surface area (TPSA) is 75.3 Å². The number of hydrogen-bond acceptors (Lipinski definition) is 3. The Morgan fingerprint density at radius 2 is 1.55 bits per heavy atom. The van der Waals surface area contributed by atoms with Gasteiger partial charge in [0.1, 0.15) is 5.82 Å². The second-order valence-corrected chi connectivity index (χ2v) is 8.52. The molecule has 1 amide bonds. The van der Waals surface area contributed by atoms with Crippen LogP contribution in [0.25, 0.3) is 0 Å². The minimum Gasteiger partial charge on any atom is -0.322 e. The molecular weight excluding hydrogens is 391 g/mol. The molecule has 0 aliphatic heterocycles. The van der Waals surface area contributed by atoms with Gasteiger partial charge in [0.15, 0.2) is 0 Å². The second-order valence-electron chi connectivity index (χ2n) is 6.83. The van der Waals surface area contributed by atoms with E-state index in [9.17, 15) is 17.6 Å². The van der Waals surface area contributed by atoms with Crippen LogP contribution < -0.4 is 10.0 Å². The van der Waals surface area contributed by atoms with Gasteiger partial charge in [0.05, 0.1) is 10.6 Å². The molecule has 3 aromatic rings. The molecule has 0 atom stereocenters. The van der Waals surface area contributed by atoms with Crippen LogP contribution in [0.1, 0.15) is 27.0 Å². The lowest BCUT2D eigenvalue weighted by Gasteiger charge is -2.13. The van der Waals surface area contributed by atoms with Crippen LogP contribution in [0.5, 0.6) is 0 Å². The summed E-state index contributed by atoms with van der Waals surface area (Å²) in [5, 5.41) is 2.83. The van der Waals surface area contributed by atoms with Crippen molar-refractivity contribution in [3.8, 4) is 0 Å². The van der Waals surface area contributed by atoms with Gasteiger partial charge in [-0.05, 0) is 67.8 Å². The summed E-state index contributed by atoms with van der Waals surface area (Å²) in [6.45, 7) is 5.52. The van der Waals surface area contributed by atoms with E-state index in [4.69, 9.17) is 0 Å². The first-order chi connectivity index (χ1) is 13.7. The molecule has 29 heavy (non-hydrogen) atoms. The largest absolute Gasteiger partial charge is 0.322 e. The number of aryl methyl sites for hydroxylation is 3. The Labute approximate surface area is 169 Å². The fourth-order valence-corrected chi connectivity index (χ4v) is 3.91. The number of hydrogen-bond donors (Lipinski definition) is 2. The van der Waals surface area contributed by atoms with E-state index in [-0.39, 0.29) is 16.1 Å². The van der Waals surface area contributed by atoms with Crippen LogP contribution >= 0.6 is 0 Å². The lowest BCUT2D eigenvalue weighted by atomic mass is 10.1. The van der Waals surface area contributed by atoms with Gasteiger partial charge in [-0.3, -0.25) is 9.52 Å². The molecule has 3 aromatic carbocycles. The summed E-state index contributed by atoms with van der Waals surface area (Å²) in [5.41, 5.74) is 3.24. The number of amides is 1. The van der Waals surface area contributed by atoms with Crippen molar-refractivity contribution >= 4 is 27.3 Å². The van der Waals surface area contributed by atoms with E-state index in [0.29, 0.717) is 11.3 Å². The summed E-state index contributed by atoms with van der Waals surface area (Å²) in [7, 11) is -4.07. The average Bonchev–Trinajstić information content (AvgIpc) is 2.66. The molecule has 150 valence electrons. The maximum absolute atomic E-state index is 13.8. The van der Waals surface area contributed by atoms with Crippen molar-refractivity contribution in [2.24, 2.45) is 0 Å². The molecule has 0 saturated carbocycles. The number of sulfonamides is 1. The average molecular weight is 412 g/mol. The number of nitrogens with one attached hydrogen (secondary N) is 2. The molecule has 0 bridgehead atoms. The number of halogens is 1. The van der Waals surface area contributed by atoms with E-state index in [1.165, 1.54) is 30.3 Å². The van der Waals surface area contributed by atoms with E-state index >= 15 is 0 Å². The molecule has 0 saturated heterocycles. The zero-order valence-corrected chi connectivity index (χ0v) is 17.1. The van der Waals surface area contributed by atoms with Crippen molar-refractivity contribution in [1.29, 1.82) is 0 Å². The van der Waals surface area contributed by atoms with Gasteiger partial charge >= 0.3 is 0 Å². The van der Waals surface area contributed by atoms with Gasteiger partial charge in [-0.1, -0.05) is 30.3 Å². The SMILES string of the molecule is Cc1ccc(C)c(NC(=O)c2cc(S(=O)(=O)Nc3ccccc3F)ccc2C)c1. The third-order valence-corrected chi connectivity index (χ3v) is 5.89. The maximum Gasteiger partial charge on any atom is 0.262 e. The predicted molar refractivity (Wildman–Crippen MR) is 112 cm³/mol. The predicted octanol–water partition coefficient (Wildman–Crippen LogP) is 4.80. The summed E-state index contributed by atoms with van der Waals surface area (Å²) >= 11 is 0. The molecule has 0 radical (unpaired) electrons. The van der Waals surface area contributed by atoms with Crippen molar-refractivity contribution in [3.05, 3.63) is 88.7 Å². The van der Waals surface area contributed by atoms with E-state index in [1.807, 2.05) is 32.0 Å². The zero-order chi connectivity index (χ0) is 21.2. The van der Waals surface area contributed by atoms with E-state index in [1.54, 1.807) is 13.0 Å². The van der Waals surface area contributed by atoms with Crippen molar-refractivity contribution in [2.75, 3.05) is 10.0 Å². The molecule has 0 aromatic heterocycles. The van der Waals surface area contributed by atoms with Gasteiger partial charge in [0, 0.05) is 11.3 Å². The zero-order valence-electron chi connectivity index (χ0n) is 16.3. The van der Waals surface area contributed by atoms with Gasteiger partial charge in [0.25, 0.3) is 15.9 Å². The first-order valence-corrected chi connectivity index (χ1v) is 10.4. The molecule has 7 heteroatoms. The highest BCUT2D eigenvalue weighted by Gasteiger charge is 2.20. The highest BCUT2D eigenvalue weighted by atomic mass is 32.2. The molecule has 5 nitrogen and oxygen atoms in total. The highest BCUT2D eigenvalue weighted by Crippen LogP contribution is 2.23.